The Morgan fingerprint density at radius 2 is 1.76 bits per heavy atom. The van der Waals surface area contributed by atoms with E-state index in [1.807, 2.05) is 31.2 Å². The number of hydrogen-bond donors (Lipinski definition) is 1. The molecule has 5 rings (SSSR count). The SMILES string of the molecule is Cc1ccc(-n2nc(-c3ccc(S(C)(=O)=O)cc3)cc2NC(=O)c2cnn3cccnc23)cc1. The van der Waals surface area contributed by atoms with Crippen LogP contribution in [-0.2, 0) is 9.84 Å². The number of carbonyl (C=O) groups excluding carboxylic acids is 1. The van der Waals surface area contributed by atoms with Crippen LogP contribution in [0.5, 0.6) is 0 Å². The number of fused-ring (bicyclic) bond motifs is 1. The van der Waals surface area contributed by atoms with Gasteiger partial charge < -0.3 is 5.32 Å². The van der Waals surface area contributed by atoms with E-state index in [-0.39, 0.29) is 10.8 Å². The molecule has 3 aromatic heterocycles. The topological polar surface area (TPSA) is 111 Å². The minimum absolute atomic E-state index is 0.225. The number of nitrogens with zero attached hydrogens (tertiary/aromatic N) is 5. The zero-order valence-corrected chi connectivity index (χ0v) is 19.2. The maximum atomic E-state index is 13.1. The van der Waals surface area contributed by atoms with Crippen LogP contribution in [0.2, 0.25) is 0 Å². The van der Waals surface area contributed by atoms with E-state index in [4.69, 9.17) is 0 Å². The Morgan fingerprint density at radius 1 is 1.03 bits per heavy atom. The maximum absolute atomic E-state index is 13.1. The summed E-state index contributed by atoms with van der Waals surface area (Å²) < 4.78 is 26.8. The minimum atomic E-state index is -3.31. The highest BCUT2D eigenvalue weighted by Crippen LogP contribution is 2.27. The van der Waals surface area contributed by atoms with Crippen molar-refractivity contribution in [3.8, 4) is 16.9 Å². The highest BCUT2D eigenvalue weighted by molar-refractivity contribution is 7.90. The number of aromatic nitrogens is 5. The molecule has 0 unspecified atom stereocenters. The first-order valence-corrected chi connectivity index (χ1v) is 12.3. The number of amides is 1. The van der Waals surface area contributed by atoms with Crippen LogP contribution in [0.3, 0.4) is 0 Å². The summed E-state index contributed by atoms with van der Waals surface area (Å²) >= 11 is 0. The van der Waals surface area contributed by atoms with Gasteiger partial charge in [-0.05, 0) is 37.3 Å². The van der Waals surface area contributed by atoms with Gasteiger partial charge in [-0.2, -0.15) is 10.2 Å². The van der Waals surface area contributed by atoms with E-state index in [0.29, 0.717) is 28.3 Å². The molecule has 0 saturated heterocycles. The van der Waals surface area contributed by atoms with Crippen LogP contribution in [-0.4, -0.2) is 45.0 Å². The Hall–Kier alpha value is -4.31. The number of sulfone groups is 1. The van der Waals surface area contributed by atoms with E-state index < -0.39 is 9.84 Å². The van der Waals surface area contributed by atoms with Crippen molar-refractivity contribution in [1.82, 2.24) is 24.4 Å². The molecule has 0 atom stereocenters. The van der Waals surface area contributed by atoms with E-state index >= 15 is 0 Å². The first-order valence-electron chi connectivity index (χ1n) is 10.4. The lowest BCUT2D eigenvalue weighted by atomic mass is 10.1. The molecule has 3 heterocycles. The third kappa shape index (κ3) is 4.06. The van der Waals surface area contributed by atoms with Crippen molar-refractivity contribution >= 4 is 27.2 Å². The van der Waals surface area contributed by atoms with Gasteiger partial charge in [0, 0.05) is 30.3 Å². The summed E-state index contributed by atoms with van der Waals surface area (Å²) in [6.07, 6.45) is 5.95. The van der Waals surface area contributed by atoms with Gasteiger partial charge in [0.25, 0.3) is 5.91 Å². The fourth-order valence-electron chi connectivity index (χ4n) is 3.54. The van der Waals surface area contributed by atoms with Crippen LogP contribution in [0.15, 0.2) is 84.1 Å². The second-order valence-electron chi connectivity index (χ2n) is 7.86. The first kappa shape index (κ1) is 21.5. The second kappa shape index (κ2) is 8.23. The summed E-state index contributed by atoms with van der Waals surface area (Å²) in [7, 11) is -3.31. The number of rotatable bonds is 5. The molecule has 0 saturated carbocycles. The molecule has 1 N–H and O–H groups in total. The molecule has 0 radical (unpaired) electrons. The maximum Gasteiger partial charge on any atom is 0.262 e. The molecule has 34 heavy (non-hydrogen) atoms. The lowest BCUT2D eigenvalue weighted by Crippen LogP contribution is -2.15. The second-order valence-corrected chi connectivity index (χ2v) is 9.87. The Kier molecular flexibility index (Phi) is 5.21. The van der Waals surface area contributed by atoms with Gasteiger partial charge in [0.05, 0.1) is 22.5 Å². The van der Waals surface area contributed by atoms with Crippen molar-refractivity contribution in [3.63, 3.8) is 0 Å². The molecule has 0 aliphatic rings. The first-order chi connectivity index (χ1) is 16.3. The van der Waals surface area contributed by atoms with Crippen LogP contribution < -0.4 is 5.32 Å². The summed E-state index contributed by atoms with van der Waals surface area (Å²) in [5.74, 6) is 0.0762. The molecule has 2 aromatic carbocycles. The molecule has 170 valence electrons. The van der Waals surface area contributed by atoms with E-state index in [1.165, 1.54) is 10.7 Å². The van der Waals surface area contributed by atoms with Gasteiger partial charge in [0.15, 0.2) is 15.5 Å². The molecular weight excluding hydrogens is 452 g/mol. The third-order valence-corrected chi connectivity index (χ3v) is 6.46. The van der Waals surface area contributed by atoms with Gasteiger partial charge in [0.2, 0.25) is 0 Å². The fourth-order valence-corrected chi connectivity index (χ4v) is 4.17. The van der Waals surface area contributed by atoms with Crippen LogP contribution >= 0.6 is 0 Å². The Bertz CT molecular complexity index is 1620. The van der Waals surface area contributed by atoms with Crippen molar-refractivity contribution in [2.75, 3.05) is 11.6 Å². The molecule has 0 spiro atoms. The fraction of sp³-hybridized carbons (Fsp3) is 0.0833. The quantitative estimate of drug-likeness (QED) is 0.419. The summed E-state index contributed by atoms with van der Waals surface area (Å²) in [4.78, 5) is 17.6. The monoisotopic (exact) mass is 472 g/mol. The number of anilines is 1. The molecule has 0 bridgehead atoms. The van der Waals surface area contributed by atoms with Crippen molar-refractivity contribution in [2.45, 2.75) is 11.8 Å². The van der Waals surface area contributed by atoms with Crippen molar-refractivity contribution in [1.29, 1.82) is 0 Å². The lowest BCUT2D eigenvalue weighted by Gasteiger charge is -2.08. The normalized spacial score (nSPS) is 11.6. The minimum Gasteiger partial charge on any atom is -0.306 e. The molecule has 1 amide bonds. The highest BCUT2D eigenvalue weighted by Gasteiger charge is 2.18. The van der Waals surface area contributed by atoms with Crippen LogP contribution in [0.25, 0.3) is 22.6 Å². The molecule has 0 aliphatic heterocycles. The Labute approximate surface area is 195 Å². The van der Waals surface area contributed by atoms with Gasteiger partial charge in [-0.3, -0.25) is 4.79 Å². The average molecular weight is 473 g/mol. The molecule has 9 nitrogen and oxygen atoms in total. The third-order valence-electron chi connectivity index (χ3n) is 5.33. The smallest absolute Gasteiger partial charge is 0.262 e. The lowest BCUT2D eigenvalue weighted by molar-refractivity contribution is 0.102. The van der Waals surface area contributed by atoms with Crippen LogP contribution in [0.4, 0.5) is 5.82 Å². The zero-order valence-electron chi connectivity index (χ0n) is 18.4. The largest absolute Gasteiger partial charge is 0.306 e. The summed E-state index contributed by atoms with van der Waals surface area (Å²) in [5.41, 5.74) is 3.92. The summed E-state index contributed by atoms with van der Waals surface area (Å²) in [6.45, 7) is 1.99. The Balaban J connectivity index is 1.55. The average Bonchev–Trinajstić information content (AvgIpc) is 3.44. The van der Waals surface area contributed by atoms with Gasteiger partial charge in [-0.25, -0.2) is 22.6 Å². The predicted molar refractivity (Wildman–Crippen MR) is 128 cm³/mol. The van der Waals surface area contributed by atoms with Crippen molar-refractivity contribution in [3.05, 3.63) is 90.4 Å². The highest BCUT2D eigenvalue weighted by atomic mass is 32.2. The number of nitrogens with one attached hydrogen (secondary N) is 1. The molecular formula is C24H20N6O3S. The van der Waals surface area contributed by atoms with Gasteiger partial charge in [-0.15, -0.1) is 0 Å². The van der Waals surface area contributed by atoms with Gasteiger partial charge in [0.1, 0.15) is 11.4 Å². The van der Waals surface area contributed by atoms with Gasteiger partial charge >= 0.3 is 0 Å². The summed E-state index contributed by atoms with van der Waals surface area (Å²) in [6, 6.07) is 17.7. The van der Waals surface area contributed by atoms with E-state index in [0.717, 1.165) is 17.5 Å². The zero-order chi connectivity index (χ0) is 23.9. The number of carbonyl (C=O) groups is 1. The number of benzene rings is 2. The molecule has 0 aliphatic carbocycles. The predicted octanol–water partition coefficient (Wildman–Crippen LogP) is 3.55. The standard InChI is InChI=1S/C24H20N6O3S/c1-16-4-8-18(9-5-16)30-22(27-24(31)20-15-26-29-13-3-12-25-23(20)29)14-21(28-30)17-6-10-19(11-7-17)34(2,32)33/h3-15H,1-2H3,(H,27,31). The van der Waals surface area contributed by atoms with E-state index in [2.05, 4.69) is 20.5 Å². The number of aryl methyl sites for hydroxylation is 1. The van der Waals surface area contributed by atoms with Crippen LogP contribution in [0.1, 0.15) is 15.9 Å². The Morgan fingerprint density at radius 3 is 2.47 bits per heavy atom. The van der Waals surface area contributed by atoms with Crippen LogP contribution in [0, 0.1) is 6.92 Å². The van der Waals surface area contributed by atoms with Crippen molar-refractivity contribution < 1.29 is 13.2 Å². The van der Waals surface area contributed by atoms with E-state index in [9.17, 15) is 13.2 Å². The summed E-state index contributed by atoms with van der Waals surface area (Å²) in [5, 5.41) is 11.8. The molecule has 5 aromatic rings. The molecule has 0 fully saturated rings. The molecule has 10 heteroatoms. The van der Waals surface area contributed by atoms with Gasteiger partial charge in [-0.1, -0.05) is 29.8 Å². The van der Waals surface area contributed by atoms with Crippen molar-refractivity contribution in [2.24, 2.45) is 0 Å². The number of hydrogen-bond acceptors (Lipinski definition) is 6. The van der Waals surface area contributed by atoms with E-state index in [1.54, 1.807) is 53.5 Å².